The molecule has 7 nitrogen and oxygen atoms in total. The normalized spacial score (nSPS) is 13.5. The Bertz CT molecular complexity index is 1820. The number of halogens is 9. The number of rotatable bonds is 11. The molecule has 0 saturated heterocycles. The Hall–Kier alpha value is -4.34. The highest BCUT2D eigenvalue weighted by Gasteiger charge is 2.41. The van der Waals surface area contributed by atoms with E-state index >= 15 is 8.78 Å². The highest BCUT2D eigenvalue weighted by atomic mass is 19.4. The highest BCUT2D eigenvalue weighted by Crippen LogP contribution is 2.43. The lowest BCUT2D eigenvalue weighted by atomic mass is 9.87. The molecule has 0 radical (unpaired) electrons. The zero-order valence-electron chi connectivity index (χ0n) is 27.0. The van der Waals surface area contributed by atoms with Crippen LogP contribution in [0.4, 0.5) is 39.5 Å². The van der Waals surface area contributed by atoms with Gasteiger partial charge in [0.1, 0.15) is 23.5 Å². The number of nitrogens with one attached hydrogen (secondary N) is 1. The third-order valence-electron chi connectivity index (χ3n) is 8.10. The van der Waals surface area contributed by atoms with Crippen LogP contribution in [0.15, 0.2) is 29.2 Å². The number of benzene rings is 2. The molecule has 1 aromatic heterocycles. The first-order valence-electron chi connectivity index (χ1n) is 14.9. The van der Waals surface area contributed by atoms with Crippen LogP contribution in [0.5, 0.6) is 0 Å². The second-order valence-electron chi connectivity index (χ2n) is 12.1. The van der Waals surface area contributed by atoms with Crippen LogP contribution in [0, 0.1) is 44.1 Å². The van der Waals surface area contributed by atoms with Gasteiger partial charge in [-0.25, -0.2) is 13.2 Å². The van der Waals surface area contributed by atoms with Crippen LogP contribution in [0.2, 0.25) is 0 Å². The van der Waals surface area contributed by atoms with Gasteiger partial charge >= 0.3 is 18.3 Å². The van der Waals surface area contributed by atoms with E-state index in [-0.39, 0.29) is 53.8 Å². The first-order chi connectivity index (χ1) is 22.5. The SMILES string of the molecule is Cc1cc(F)c(C)c(C)c1-c1cc(C(F)(F)F)c(F)c([C@H](CC(=O)O)NC(=O)C(CC(C)C)n2cc(CCN)c(C(F)(F)F)cc2=O)c1F. The smallest absolute Gasteiger partial charge is 0.419 e. The van der Waals surface area contributed by atoms with Crippen molar-refractivity contribution in [2.75, 3.05) is 6.54 Å². The topological polar surface area (TPSA) is 114 Å². The maximum absolute atomic E-state index is 16.4. The van der Waals surface area contributed by atoms with Crippen molar-refractivity contribution < 1.29 is 54.2 Å². The van der Waals surface area contributed by atoms with Crippen molar-refractivity contribution in [3.8, 4) is 11.1 Å². The monoisotopic (exact) mass is 707 g/mol. The lowest BCUT2D eigenvalue weighted by Crippen LogP contribution is -2.41. The molecule has 4 N–H and O–H groups in total. The maximum atomic E-state index is 16.4. The molecule has 49 heavy (non-hydrogen) atoms. The molecule has 0 aliphatic heterocycles. The Kier molecular flexibility index (Phi) is 11.7. The molecule has 0 aliphatic rings. The molecular formula is C33H34F9N3O4. The molecule has 0 aliphatic carbocycles. The van der Waals surface area contributed by atoms with Crippen molar-refractivity contribution in [2.45, 2.75) is 78.3 Å². The third-order valence-corrected chi connectivity index (χ3v) is 8.10. The summed E-state index contributed by atoms with van der Waals surface area (Å²) < 4.78 is 131. The number of hydrogen-bond donors (Lipinski definition) is 3. The van der Waals surface area contributed by atoms with Gasteiger partial charge in [0.15, 0.2) is 0 Å². The molecule has 0 spiro atoms. The quantitative estimate of drug-likeness (QED) is 0.181. The van der Waals surface area contributed by atoms with Gasteiger partial charge in [-0.05, 0) is 86.0 Å². The minimum absolute atomic E-state index is 0.00728. The summed E-state index contributed by atoms with van der Waals surface area (Å²) in [7, 11) is 0. The number of carboxylic acids is 1. The Balaban J connectivity index is 2.32. The van der Waals surface area contributed by atoms with Crippen molar-refractivity contribution in [1.82, 2.24) is 9.88 Å². The highest BCUT2D eigenvalue weighted by molar-refractivity contribution is 5.82. The number of alkyl halides is 6. The molecule has 3 rings (SSSR count). The minimum atomic E-state index is -5.46. The Morgan fingerprint density at radius 2 is 1.51 bits per heavy atom. The van der Waals surface area contributed by atoms with Crippen LogP contribution >= 0.6 is 0 Å². The fourth-order valence-electron chi connectivity index (χ4n) is 5.71. The summed E-state index contributed by atoms with van der Waals surface area (Å²) in [5.74, 6) is -8.23. The zero-order valence-corrected chi connectivity index (χ0v) is 27.0. The predicted octanol–water partition coefficient (Wildman–Crippen LogP) is 7.32. The maximum Gasteiger partial charge on any atom is 0.419 e. The summed E-state index contributed by atoms with van der Waals surface area (Å²) in [6, 6.07) is -2.68. The van der Waals surface area contributed by atoms with Gasteiger partial charge in [0.05, 0.1) is 23.6 Å². The van der Waals surface area contributed by atoms with E-state index in [4.69, 9.17) is 5.73 Å². The molecule has 0 bridgehead atoms. The van der Waals surface area contributed by atoms with Gasteiger partial charge in [0.25, 0.3) is 5.56 Å². The van der Waals surface area contributed by atoms with Crippen molar-refractivity contribution >= 4 is 11.9 Å². The molecule has 1 unspecified atom stereocenters. The number of aryl methyl sites for hydroxylation is 1. The van der Waals surface area contributed by atoms with Crippen LogP contribution < -0.4 is 16.6 Å². The minimum Gasteiger partial charge on any atom is -0.481 e. The average molecular weight is 708 g/mol. The van der Waals surface area contributed by atoms with E-state index in [9.17, 15) is 50.2 Å². The first kappa shape index (κ1) is 39.1. The van der Waals surface area contributed by atoms with Gasteiger partial charge in [-0.15, -0.1) is 0 Å². The summed E-state index contributed by atoms with van der Waals surface area (Å²) in [6.45, 7) is 6.70. The molecule has 3 aromatic rings. The fraction of sp³-hybridized carbons (Fsp3) is 0.424. The Morgan fingerprint density at radius 1 is 0.918 bits per heavy atom. The predicted molar refractivity (Wildman–Crippen MR) is 161 cm³/mol. The van der Waals surface area contributed by atoms with E-state index in [0.717, 1.165) is 12.3 Å². The first-order valence-corrected chi connectivity index (χ1v) is 14.9. The van der Waals surface area contributed by atoms with Crippen molar-refractivity contribution in [1.29, 1.82) is 0 Å². The van der Waals surface area contributed by atoms with Gasteiger partial charge < -0.3 is 20.7 Å². The molecular weight excluding hydrogens is 673 g/mol. The average Bonchev–Trinajstić information content (AvgIpc) is 2.95. The molecule has 2 aromatic carbocycles. The van der Waals surface area contributed by atoms with Gasteiger partial charge in [-0.3, -0.25) is 14.4 Å². The number of aromatic nitrogens is 1. The summed E-state index contributed by atoms with van der Waals surface area (Å²) in [6.07, 6.45) is -11.7. The number of carbonyl (C=O) groups is 2. The van der Waals surface area contributed by atoms with Crippen LogP contribution in [0.25, 0.3) is 11.1 Å². The van der Waals surface area contributed by atoms with E-state index in [1.54, 1.807) is 13.8 Å². The number of pyridine rings is 1. The molecule has 0 fully saturated rings. The Labute approximate surface area is 274 Å². The summed E-state index contributed by atoms with van der Waals surface area (Å²) in [4.78, 5) is 38.6. The van der Waals surface area contributed by atoms with E-state index in [1.165, 1.54) is 20.8 Å². The number of carboxylic acid groups (broad SMARTS) is 1. The number of nitrogens with zero attached hydrogens (tertiary/aromatic N) is 1. The molecule has 268 valence electrons. The van der Waals surface area contributed by atoms with Crippen molar-refractivity contribution in [3.63, 3.8) is 0 Å². The summed E-state index contributed by atoms with van der Waals surface area (Å²) in [5, 5.41) is 11.7. The lowest BCUT2D eigenvalue weighted by molar-refractivity contribution is -0.140. The van der Waals surface area contributed by atoms with Gasteiger partial charge in [-0.2, -0.15) is 26.3 Å². The number of nitrogens with two attached hydrogens (primary N) is 1. The fourth-order valence-corrected chi connectivity index (χ4v) is 5.71. The lowest BCUT2D eigenvalue weighted by Gasteiger charge is -2.27. The van der Waals surface area contributed by atoms with E-state index in [1.807, 2.05) is 5.32 Å². The van der Waals surface area contributed by atoms with Gasteiger partial charge in [0, 0.05) is 23.4 Å². The molecule has 16 heteroatoms. The van der Waals surface area contributed by atoms with E-state index in [0.29, 0.717) is 4.57 Å². The largest absolute Gasteiger partial charge is 0.481 e. The molecule has 1 amide bonds. The molecule has 2 atom stereocenters. The van der Waals surface area contributed by atoms with Crippen molar-refractivity contribution in [3.05, 3.63) is 91.1 Å². The summed E-state index contributed by atoms with van der Waals surface area (Å²) >= 11 is 0. The standard InChI is InChI=1S/C33H34F9N3O4/c1-14(2)8-24(45-13-18(6-7-43)20(11-25(45)46)32(37,38)39)31(49)44-23(12-26(47)48)28-29(35)19(10-21(30(28)36)33(40,41)42)27-15(3)9-22(34)16(4)17(27)5/h9-11,13-14,23-24H,6-8,12,43H2,1-5H3,(H,44,49)(H,47,48)/t23-,24?/m0/s1. The van der Waals surface area contributed by atoms with E-state index in [2.05, 4.69) is 0 Å². The van der Waals surface area contributed by atoms with Crippen LogP contribution in [0.1, 0.15) is 77.7 Å². The second kappa shape index (κ2) is 14.6. The van der Waals surface area contributed by atoms with Crippen LogP contribution in [0.3, 0.4) is 0 Å². The number of amides is 1. The molecule has 0 saturated carbocycles. The Morgan fingerprint density at radius 3 is 2.02 bits per heavy atom. The van der Waals surface area contributed by atoms with Crippen LogP contribution in [-0.4, -0.2) is 28.1 Å². The van der Waals surface area contributed by atoms with E-state index < -0.39 is 99.5 Å². The molecule has 1 heterocycles. The third kappa shape index (κ3) is 8.46. The van der Waals surface area contributed by atoms with Crippen LogP contribution in [-0.2, 0) is 28.4 Å². The number of aliphatic carboxylic acids is 1. The second-order valence-corrected chi connectivity index (χ2v) is 12.1. The van der Waals surface area contributed by atoms with Gasteiger partial charge in [0.2, 0.25) is 5.91 Å². The number of hydrogen-bond acceptors (Lipinski definition) is 4. The van der Waals surface area contributed by atoms with Crippen molar-refractivity contribution in [2.24, 2.45) is 11.7 Å². The number of carbonyl (C=O) groups excluding carboxylic acids is 1. The van der Waals surface area contributed by atoms with Gasteiger partial charge in [-0.1, -0.05) is 13.8 Å². The summed E-state index contributed by atoms with van der Waals surface area (Å²) in [5.41, 5.74) is -2.27. The zero-order chi connectivity index (χ0) is 37.3.